The fourth-order valence-electron chi connectivity index (χ4n) is 1.56. The van der Waals surface area contributed by atoms with Crippen LogP contribution in [0.5, 0.6) is 0 Å². The average molecular weight is 346 g/mol. The van der Waals surface area contributed by atoms with Crippen LogP contribution >= 0.6 is 46.5 Å². The quantitative estimate of drug-likeness (QED) is 0.588. The first-order chi connectivity index (χ1) is 9.72. The van der Waals surface area contributed by atoms with E-state index in [1.165, 1.54) is 5.56 Å². The minimum Gasteiger partial charge on any atom is -0.313 e. The smallest absolute Gasteiger partial charge is 0.179 e. The molecule has 0 aliphatic carbocycles. The maximum absolute atomic E-state index is 6.34. The molecule has 0 bridgehead atoms. The second kappa shape index (κ2) is 8.24. The van der Waals surface area contributed by atoms with Crippen LogP contribution in [-0.4, -0.2) is 23.0 Å². The molecular formula is C13H16ClN3S3. The van der Waals surface area contributed by atoms with Gasteiger partial charge in [-0.1, -0.05) is 59.5 Å². The van der Waals surface area contributed by atoms with E-state index in [0.29, 0.717) is 0 Å². The van der Waals surface area contributed by atoms with Crippen molar-refractivity contribution < 1.29 is 0 Å². The average Bonchev–Trinajstić information content (AvgIpc) is 2.90. The van der Waals surface area contributed by atoms with Gasteiger partial charge in [0.1, 0.15) is 0 Å². The normalized spacial score (nSPS) is 10.9. The first-order valence-electron chi connectivity index (χ1n) is 6.27. The van der Waals surface area contributed by atoms with Crippen molar-refractivity contribution >= 4 is 46.5 Å². The van der Waals surface area contributed by atoms with Crippen LogP contribution in [0.2, 0.25) is 5.02 Å². The van der Waals surface area contributed by atoms with E-state index in [2.05, 4.69) is 34.6 Å². The van der Waals surface area contributed by atoms with Crippen LogP contribution in [-0.2, 0) is 6.54 Å². The third-order valence-corrected chi connectivity index (χ3v) is 5.96. The fraction of sp³-hybridized carbons (Fsp3) is 0.385. The lowest BCUT2D eigenvalue weighted by atomic mass is 10.2. The van der Waals surface area contributed by atoms with E-state index in [1.807, 2.05) is 12.3 Å². The minimum atomic E-state index is 0.770. The number of benzene rings is 1. The predicted molar refractivity (Wildman–Crippen MR) is 89.3 cm³/mol. The SMILES string of the molecule is CCCNCc1ccc(Sc2nnc(SC)s2)c(Cl)c1. The highest BCUT2D eigenvalue weighted by molar-refractivity contribution is 8.03. The number of nitrogens with zero attached hydrogens (tertiary/aromatic N) is 2. The number of aromatic nitrogens is 2. The summed E-state index contributed by atoms with van der Waals surface area (Å²) in [6.07, 6.45) is 3.14. The molecule has 3 nitrogen and oxygen atoms in total. The Morgan fingerprint density at radius 1 is 1.30 bits per heavy atom. The Labute approximate surface area is 136 Å². The van der Waals surface area contributed by atoms with Crippen LogP contribution < -0.4 is 5.32 Å². The Morgan fingerprint density at radius 3 is 2.75 bits per heavy atom. The first kappa shape index (κ1) is 16.1. The van der Waals surface area contributed by atoms with Gasteiger partial charge < -0.3 is 5.32 Å². The molecule has 0 aliphatic rings. The molecule has 20 heavy (non-hydrogen) atoms. The number of hydrogen-bond acceptors (Lipinski definition) is 6. The zero-order valence-corrected chi connectivity index (χ0v) is 14.6. The number of rotatable bonds is 7. The summed E-state index contributed by atoms with van der Waals surface area (Å²) < 4.78 is 1.90. The minimum absolute atomic E-state index is 0.770. The van der Waals surface area contributed by atoms with E-state index >= 15 is 0 Å². The van der Waals surface area contributed by atoms with Crippen LogP contribution in [0.15, 0.2) is 31.8 Å². The van der Waals surface area contributed by atoms with Crippen molar-refractivity contribution in [1.82, 2.24) is 15.5 Å². The molecule has 2 aromatic rings. The summed E-state index contributed by atoms with van der Waals surface area (Å²) >= 11 is 11.1. The lowest BCUT2D eigenvalue weighted by molar-refractivity contribution is 0.675. The molecule has 0 amide bonds. The highest BCUT2D eigenvalue weighted by atomic mass is 35.5. The van der Waals surface area contributed by atoms with Gasteiger partial charge in [0.15, 0.2) is 8.68 Å². The zero-order valence-electron chi connectivity index (χ0n) is 11.4. The van der Waals surface area contributed by atoms with Crippen molar-refractivity contribution in [3.63, 3.8) is 0 Å². The third kappa shape index (κ3) is 4.63. The molecule has 0 aliphatic heterocycles. The molecule has 0 unspecified atom stereocenters. The van der Waals surface area contributed by atoms with Crippen molar-refractivity contribution in [1.29, 1.82) is 0 Å². The summed E-state index contributed by atoms with van der Waals surface area (Å²) in [5, 5.41) is 12.4. The number of nitrogens with one attached hydrogen (secondary N) is 1. The lowest BCUT2D eigenvalue weighted by Crippen LogP contribution is -2.13. The first-order valence-corrected chi connectivity index (χ1v) is 9.51. The second-order valence-electron chi connectivity index (χ2n) is 4.08. The van der Waals surface area contributed by atoms with Crippen molar-refractivity contribution in [2.45, 2.75) is 33.5 Å². The van der Waals surface area contributed by atoms with Gasteiger partial charge in [-0.15, -0.1) is 10.2 Å². The summed E-state index contributed by atoms with van der Waals surface area (Å²) in [5.41, 5.74) is 1.20. The summed E-state index contributed by atoms with van der Waals surface area (Å²) in [4.78, 5) is 1.02. The monoisotopic (exact) mass is 345 g/mol. The maximum Gasteiger partial charge on any atom is 0.179 e. The lowest BCUT2D eigenvalue weighted by Gasteiger charge is -2.06. The molecule has 0 fully saturated rings. The Hall–Kier alpha value is -0.270. The van der Waals surface area contributed by atoms with Gasteiger partial charge in [0, 0.05) is 11.4 Å². The molecule has 0 atom stereocenters. The summed E-state index contributed by atoms with van der Waals surface area (Å²) in [6, 6.07) is 6.17. The van der Waals surface area contributed by atoms with E-state index in [1.54, 1.807) is 34.9 Å². The Morgan fingerprint density at radius 2 is 2.10 bits per heavy atom. The number of hydrogen-bond donors (Lipinski definition) is 1. The van der Waals surface area contributed by atoms with Crippen LogP contribution in [0.3, 0.4) is 0 Å². The topological polar surface area (TPSA) is 37.8 Å². The zero-order chi connectivity index (χ0) is 14.4. The molecule has 1 aromatic heterocycles. The van der Waals surface area contributed by atoms with Gasteiger partial charge in [0.05, 0.1) is 5.02 Å². The van der Waals surface area contributed by atoms with Crippen molar-refractivity contribution in [2.75, 3.05) is 12.8 Å². The van der Waals surface area contributed by atoms with Crippen molar-refractivity contribution in [3.8, 4) is 0 Å². The van der Waals surface area contributed by atoms with Crippen LogP contribution in [0.4, 0.5) is 0 Å². The van der Waals surface area contributed by atoms with Gasteiger partial charge in [0.2, 0.25) is 0 Å². The molecule has 0 radical (unpaired) electrons. The molecule has 7 heteroatoms. The standard InChI is InChI=1S/C13H16ClN3S3/c1-3-6-15-8-9-4-5-11(10(14)7-9)19-13-17-16-12(18-2)20-13/h4-5,7,15H,3,6,8H2,1-2H3. The van der Waals surface area contributed by atoms with E-state index < -0.39 is 0 Å². The van der Waals surface area contributed by atoms with Crippen LogP contribution in [0.1, 0.15) is 18.9 Å². The predicted octanol–water partition coefficient (Wildman–Crippen LogP) is 4.56. The maximum atomic E-state index is 6.34. The van der Waals surface area contributed by atoms with Crippen LogP contribution in [0.25, 0.3) is 0 Å². The van der Waals surface area contributed by atoms with Crippen molar-refractivity contribution in [3.05, 3.63) is 28.8 Å². The van der Waals surface area contributed by atoms with Crippen molar-refractivity contribution in [2.24, 2.45) is 0 Å². The molecule has 1 heterocycles. The van der Waals surface area contributed by atoms with E-state index in [9.17, 15) is 0 Å². The summed E-state index contributed by atoms with van der Waals surface area (Å²) in [7, 11) is 0. The summed E-state index contributed by atoms with van der Waals surface area (Å²) in [6.45, 7) is 4.04. The molecule has 108 valence electrons. The molecule has 0 saturated heterocycles. The van der Waals surface area contributed by atoms with Gasteiger partial charge in [-0.3, -0.25) is 0 Å². The Kier molecular flexibility index (Phi) is 6.64. The van der Waals surface area contributed by atoms with Gasteiger partial charge in [-0.05, 0) is 36.9 Å². The largest absolute Gasteiger partial charge is 0.313 e. The molecule has 0 saturated carbocycles. The van der Waals surface area contributed by atoms with E-state index in [0.717, 1.165) is 38.1 Å². The molecule has 1 N–H and O–H groups in total. The highest BCUT2D eigenvalue weighted by Crippen LogP contribution is 2.36. The molecule has 0 spiro atoms. The molecule has 2 rings (SSSR count). The van der Waals surface area contributed by atoms with Gasteiger partial charge in [-0.25, -0.2) is 0 Å². The van der Waals surface area contributed by atoms with Gasteiger partial charge >= 0.3 is 0 Å². The Bertz CT molecular complexity index is 560. The molecular weight excluding hydrogens is 330 g/mol. The van der Waals surface area contributed by atoms with Gasteiger partial charge in [-0.2, -0.15) is 0 Å². The second-order valence-corrected chi connectivity index (χ2v) is 7.81. The Balaban J connectivity index is 2.01. The van der Waals surface area contributed by atoms with Crippen LogP contribution in [0, 0.1) is 0 Å². The number of thioether (sulfide) groups is 1. The summed E-state index contributed by atoms with van der Waals surface area (Å²) in [5.74, 6) is 0. The van der Waals surface area contributed by atoms with E-state index in [-0.39, 0.29) is 0 Å². The molecule has 1 aromatic carbocycles. The third-order valence-electron chi connectivity index (χ3n) is 2.51. The van der Waals surface area contributed by atoms with E-state index in [4.69, 9.17) is 11.6 Å². The highest BCUT2D eigenvalue weighted by Gasteiger charge is 2.08. The number of halogens is 1. The fourth-order valence-corrected chi connectivity index (χ4v) is 4.28. The van der Waals surface area contributed by atoms with Gasteiger partial charge in [0.25, 0.3) is 0 Å².